The third-order valence-corrected chi connectivity index (χ3v) is 4.01. The van der Waals surface area contributed by atoms with E-state index in [1.807, 2.05) is 0 Å². The number of ether oxygens (including phenoxy) is 5. The second-order valence-corrected chi connectivity index (χ2v) is 5.81. The van der Waals surface area contributed by atoms with Gasteiger partial charge in [0.25, 0.3) is 5.91 Å². The van der Waals surface area contributed by atoms with Crippen LogP contribution in [0.1, 0.15) is 15.9 Å². The van der Waals surface area contributed by atoms with Gasteiger partial charge in [0.2, 0.25) is 11.5 Å². The predicted molar refractivity (Wildman–Crippen MR) is 100 cm³/mol. The predicted octanol–water partition coefficient (Wildman–Crippen LogP) is 2.19. The van der Waals surface area contributed by atoms with E-state index in [1.54, 1.807) is 30.3 Å². The molecule has 1 aliphatic rings. The highest BCUT2D eigenvalue weighted by Gasteiger charge is 2.28. The smallest absolute Gasteiger partial charge is 0.255 e. The topological polar surface area (TPSA) is 106 Å². The molecule has 0 aliphatic carbocycles. The monoisotopic (exact) mass is 385 g/mol. The third-order valence-electron chi connectivity index (χ3n) is 4.01. The summed E-state index contributed by atoms with van der Waals surface area (Å²) in [6.07, 6.45) is 1.58. The third kappa shape index (κ3) is 3.71. The van der Waals surface area contributed by atoms with Crippen molar-refractivity contribution in [1.29, 1.82) is 0 Å². The molecule has 0 radical (unpaired) electrons. The molecule has 0 spiro atoms. The summed E-state index contributed by atoms with van der Waals surface area (Å²) in [6.45, 7) is -0.263. The van der Waals surface area contributed by atoms with Crippen LogP contribution in [0, 0.1) is 0 Å². The van der Waals surface area contributed by atoms with E-state index in [2.05, 4.69) is 0 Å². The maximum absolute atomic E-state index is 12.6. The Morgan fingerprint density at radius 3 is 2.32 bits per heavy atom. The minimum Gasteiger partial charge on any atom is -0.493 e. The SMILES string of the molecule is COc1cc(/C=C2\Oc3cc(OCC(N)=O)ccc3C2=O)cc(OC)c1OC. The van der Waals surface area contributed by atoms with Crippen LogP contribution >= 0.6 is 0 Å². The molecule has 0 saturated heterocycles. The summed E-state index contributed by atoms with van der Waals surface area (Å²) < 4.78 is 26.8. The first-order valence-electron chi connectivity index (χ1n) is 8.26. The highest BCUT2D eigenvalue weighted by Crippen LogP contribution is 2.40. The van der Waals surface area contributed by atoms with Crippen molar-refractivity contribution in [1.82, 2.24) is 0 Å². The quantitative estimate of drug-likeness (QED) is 0.728. The summed E-state index contributed by atoms with van der Waals surface area (Å²) in [7, 11) is 4.53. The largest absolute Gasteiger partial charge is 0.493 e. The van der Waals surface area contributed by atoms with Crippen molar-refractivity contribution in [2.75, 3.05) is 27.9 Å². The summed E-state index contributed by atoms with van der Waals surface area (Å²) in [5.41, 5.74) is 6.09. The lowest BCUT2D eigenvalue weighted by atomic mass is 10.1. The Morgan fingerprint density at radius 2 is 1.75 bits per heavy atom. The molecule has 2 aromatic carbocycles. The molecule has 8 heteroatoms. The van der Waals surface area contributed by atoms with Gasteiger partial charge in [0, 0.05) is 6.07 Å². The van der Waals surface area contributed by atoms with Crippen LogP contribution in [0.3, 0.4) is 0 Å². The van der Waals surface area contributed by atoms with Crippen LogP contribution in [0.5, 0.6) is 28.7 Å². The number of allylic oxidation sites excluding steroid dienone is 1. The van der Waals surface area contributed by atoms with Crippen LogP contribution in [0.25, 0.3) is 6.08 Å². The molecule has 1 amide bonds. The van der Waals surface area contributed by atoms with Gasteiger partial charge in [-0.2, -0.15) is 0 Å². The van der Waals surface area contributed by atoms with Crippen molar-refractivity contribution < 1.29 is 33.3 Å². The van der Waals surface area contributed by atoms with Crippen molar-refractivity contribution in [3.8, 4) is 28.7 Å². The maximum Gasteiger partial charge on any atom is 0.255 e. The second-order valence-electron chi connectivity index (χ2n) is 5.81. The summed E-state index contributed by atoms with van der Waals surface area (Å²) in [4.78, 5) is 23.5. The number of fused-ring (bicyclic) bond motifs is 1. The first-order chi connectivity index (χ1) is 13.5. The van der Waals surface area contributed by atoms with E-state index in [9.17, 15) is 9.59 Å². The van der Waals surface area contributed by atoms with Crippen LogP contribution in [-0.2, 0) is 4.79 Å². The fourth-order valence-electron chi connectivity index (χ4n) is 2.75. The number of hydrogen-bond donors (Lipinski definition) is 1. The average Bonchev–Trinajstić information content (AvgIpc) is 3.00. The number of hydrogen-bond acceptors (Lipinski definition) is 7. The summed E-state index contributed by atoms with van der Waals surface area (Å²) in [5.74, 6) is 1.34. The standard InChI is InChI=1S/C20H19NO7/c1-24-16-7-11(8-17(25-2)20(16)26-3)6-15-19(23)13-5-4-12(9-14(13)28-15)27-10-18(21)22/h4-9H,10H2,1-3H3,(H2,21,22)/b15-6-. The number of primary amides is 1. The molecule has 0 fully saturated rings. The molecule has 0 atom stereocenters. The molecule has 0 aromatic heterocycles. The number of carbonyl (C=O) groups is 2. The molecule has 3 rings (SSSR count). The van der Waals surface area contributed by atoms with E-state index in [0.717, 1.165) is 0 Å². The number of nitrogens with two attached hydrogens (primary N) is 1. The molecule has 146 valence electrons. The first kappa shape index (κ1) is 19.1. The molecular weight excluding hydrogens is 366 g/mol. The zero-order valence-corrected chi connectivity index (χ0v) is 15.6. The normalized spacial score (nSPS) is 13.7. The first-order valence-corrected chi connectivity index (χ1v) is 8.26. The summed E-state index contributed by atoms with van der Waals surface area (Å²) >= 11 is 0. The Balaban J connectivity index is 1.91. The van der Waals surface area contributed by atoms with Gasteiger partial charge in [-0.25, -0.2) is 0 Å². The molecule has 1 aliphatic heterocycles. The number of benzene rings is 2. The fourth-order valence-corrected chi connectivity index (χ4v) is 2.75. The minimum absolute atomic E-state index is 0.135. The van der Waals surface area contributed by atoms with Gasteiger partial charge in [0.15, 0.2) is 23.9 Å². The number of amides is 1. The second kappa shape index (κ2) is 7.91. The molecule has 1 heterocycles. The van der Waals surface area contributed by atoms with Gasteiger partial charge in [-0.15, -0.1) is 0 Å². The fraction of sp³-hybridized carbons (Fsp3) is 0.200. The van der Waals surface area contributed by atoms with E-state index in [4.69, 9.17) is 29.4 Å². The van der Waals surface area contributed by atoms with Crippen molar-refractivity contribution in [3.05, 3.63) is 47.2 Å². The Bertz CT molecular complexity index is 940. The van der Waals surface area contributed by atoms with Crippen molar-refractivity contribution in [2.45, 2.75) is 0 Å². The van der Waals surface area contributed by atoms with E-state index in [1.165, 1.54) is 27.4 Å². The number of carbonyl (C=O) groups excluding carboxylic acids is 2. The lowest BCUT2D eigenvalue weighted by Gasteiger charge is -2.13. The van der Waals surface area contributed by atoms with Crippen LogP contribution < -0.4 is 29.4 Å². The van der Waals surface area contributed by atoms with E-state index >= 15 is 0 Å². The van der Waals surface area contributed by atoms with Gasteiger partial charge < -0.3 is 29.4 Å². The van der Waals surface area contributed by atoms with Crippen LogP contribution in [0.4, 0.5) is 0 Å². The zero-order valence-electron chi connectivity index (χ0n) is 15.6. The molecule has 0 saturated carbocycles. The number of Topliss-reactive ketones (excluding diaryl/α,β-unsaturated/α-hetero) is 1. The maximum atomic E-state index is 12.6. The van der Waals surface area contributed by atoms with Crippen molar-refractivity contribution >= 4 is 17.8 Å². The van der Waals surface area contributed by atoms with Gasteiger partial charge >= 0.3 is 0 Å². The van der Waals surface area contributed by atoms with Gasteiger partial charge in [0.05, 0.1) is 26.9 Å². The number of ketones is 1. The van der Waals surface area contributed by atoms with Gasteiger partial charge in [-0.05, 0) is 35.9 Å². The molecular formula is C20H19NO7. The molecule has 8 nitrogen and oxygen atoms in total. The van der Waals surface area contributed by atoms with Crippen LogP contribution in [0.2, 0.25) is 0 Å². The lowest BCUT2D eigenvalue weighted by molar-refractivity contribution is -0.119. The van der Waals surface area contributed by atoms with Gasteiger partial charge in [-0.3, -0.25) is 9.59 Å². The Hall–Kier alpha value is -3.68. The highest BCUT2D eigenvalue weighted by atomic mass is 16.5. The summed E-state index contributed by atoms with van der Waals surface area (Å²) in [6, 6.07) is 8.09. The Kier molecular flexibility index (Phi) is 5.39. The zero-order chi connectivity index (χ0) is 20.3. The Morgan fingerprint density at radius 1 is 1.07 bits per heavy atom. The molecule has 2 N–H and O–H groups in total. The Labute approximate surface area is 161 Å². The molecule has 0 bridgehead atoms. The van der Waals surface area contributed by atoms with Crippen LogP contribution in [0.15, 0.2) is 36.1 Å². The minimum atomic E-state index is -0.597. The van der Waals surface area contributed by atoms with Crippen molar-refractivity contribution in [3.63, 3.8) is 0 Å². The molecule has 2 aromatic rings. The van der Waals surface area contributed by atoms with Crippen LogP contribution in [-0.4, -0.2) is 39.6 Å². The van der Waals surface area contributed by atoms with Crippen molar-refractivity contribution in [2.24, 2.45) is 5.73 Å². The highest BCUT2D eigenvalue weighted by molar-refractivity contribution is 6.14. The van der Waals surface area contributed by atoms with Gasteiger partial charge in [0.1, 0.15) is 11.5 Å². The molecule has 28 heavy (non-hydrogen) atoms. The van der Waals surface area contributed by atoms with E-state index in [0.29, 0.717) is 39.9 Å². The number of rotatable bonds is 7. The lowest BCUT2D eigenvalue weighted by Crippen LogP contribution is -2.19. The van der Waals surface area contributed by atoms with E-state index in [-0.39, 0.29) is 18.1 Å². The number of methoxy groups -OCH3 is 3. The molecule has 0 unspecified atom stereocenters. The average molecular weight is 385 g/mol. The summed E-state index contributed by atoms with van der Waals surface area (Å²) in [5, 5.41) is 0. The van der Waals surface area contributed by atoms with E-state index < -0.39 is 5.91 Å². The van der Waals surface area contributed by atoms with Gasteiger partial charge in [-0.1, -0.05) is 0 Å².